The molecule has 1 heterocycles. The molecule has 5 heteroatoms. The van der Waals surface area contributed by atoms with Gasteiger partial charge in [-0.05, 0) is 12.1 Å². The molecule has 0 radical (unpaired) electrons. The van der Waals surface area contributed by atoms with Gasteiger partial charge in [0.25, 0.3) is 0 Å². The maximum atomic E-state index is 9.53. The molecule has 2 aromatic rings. The quantitative estimate of drug-likeness (QED) is 0.698. The van der Waals surface area contributed by atoms with Crippen LogP contribution in [0, 0.1) is 0 Å². The van der Waals surface area contributed by atoms with Crippen LogP contribution in [-0.4, -0.2) is 15.1 Å². The molecular weight excluding hydrogens is 202 g/mol. The highest BCUT2D eigenvalue weighted by atomic mass is 35.5. The summed E-state index contributed by atoms with van der Waals surface area (Å²) in [5, 5.41) is 10.5. The molecule has 3 N–H and O–H groups in total. The van der Waals surface area contributed by atoms with Gasteiger partial charge in [0.2, 0.25) is 0 Å². The molecule has 0 aliphatic heterocycles. The summed E-state index contributed by atoms with van der Waals surface area (Å²) in [7, 11) is 0. The van der Waals surface area contributed by atoms with Crippen molar-refractivity contribution in [3.8, 4) is 5.75 Å². The van der Waals surface area contributed by atoms with Crippen LogP contribution < -0.4 is 5.73 Å². The van der Waals surface area contributed by atoms with E-state index in [2.05, 4.69) is 9.97 Å². The average molecular weight is 210 g/mol. The lowest BCUT2D eigenvalue weighted by molar-refractivity contribution is 0.480. The van der Waals surface area contributed by atoms with E-state index < -0.39 is 0 Å². The number of para-hydroxylation sites is 1. The van der Waals surface area contributed by atoms with Gasteiger partial charge in [0, 0.05) is 5.39 Å². The van der Waals surface area contributed by atoms with Crippen molar-refractivity contribution in [3.05, 3.63) is 29.2 Å². The lowest BCUT2D eigenvalue weighted by atomic mass is 10.2. The van der Waals surface area contributed by atoms with Gasteiger partial charge in [-0.3, -0.25) is 0 Å². The average Bonchev–Trinajstić information content (AvgIpc) is 2.19. The number of nitrogens with zero attached hydrogens (tertiary/aromatic N) is 2. The van der Waals surface area contributed by atoms with Crippen LogP contribution in [0.15, 0.2) is 18.2 Å². The summed E-state index contributed by atoms with van der Waals surface area (Å²) < 4.78 is 0. The van der Waals surface area contributed by atoms with Crippen molar-refractivity contribution in [3.63, 3.8) is 0 Å². The van der Waals surface area contributed by atoms with E-state index in [1.165, 1.54) is 0 Å². The first kappa shape index (κ1) is 9.18. The van der Waals surface area contributed by atoms with Gasteiger partial charge >= 0.3 is 0 Å². The zero-order chi connectivity index (χ0) is 10.1. The van der Waals surface area contributed by atoms with E-state index in [9.17, 15) is 5.11 Å². The highest BCUT2D eigenvalue weighted by Gasteiger charge is 2.07. The van der Waals surface area contributed by atoms with E-state index in [1.54, 1.807) is 18.2 Å². The minimum absolute atomic E-state index is 0.0847. The number of nitrogens with two attached hydrogens (primary N) is 1. The Balaban J connectivity index is 2.83. The maximum Gasteiger partial charge on any atom is 0.144 e. The summed E-state index contributed by atoms with van der Waals surface area (Å²) in [6.45, 7) is 0.198. The summed E-state index contributed by atoms with van der Waals surface area (Å²) in [5.74, 6) is 0.505. The fourth-order valence-electron chi connectivity index (χ4n) is 1.23. The largest absolute Gasteiger partial charge is 0.506 e. The molecule has 0 aliphatic carbocycles. The SMILES string of the molecule is NCc1nc(Cl)c2cccc(O)c2n1. The molecule has 14 heavy (non-hydrogen) atoms. The number of aromatic hydroxyl groups is 1. The fraction of sp³-hybridized carbons (Fsp3) is 0.111. The van der Waals surface area contributed by atoms with Crippen LogP contribution in [0.3, 0.4) is 0 Å². The molecule has 1 aromatic heterocycles. The Bertz CT molecular complexity index is 487. The first-order valence-electron chi connectivity index (χ1n) is 4.06. The van der Waals surface area contributed by atoms with Crippen molar-refractivity contribution in [1.82, 2.24) is 9.97 Å². The first-order chi connectivity index (χ1) is 6.72. The predicted molar refractivity (Wildman–Crippen MR) is 54.1 cm³/mol. The van der Waals surface area contributed by atoms with Crippen molar-refractivity contribution >= 4 is 22.5 Å². The van der Waals surface area contributed by atoms with Crippen LogP contribution in [0.4, 0.5) is 0 Å². The normalized spacial score (nSPS) is 10.7. The molecule has 0 fully saturated rings. The smallest absolute Gasteiger partial charge is 0.144 e. The number of benzene rings is 1. The molecular formula is C9H8ClN3O. The number of hydrogen-bond donors (Lipinski definition) is 2. The second kappa shape index (κ2) is 3.40. The molecule has 0 amide bonds. The third-order valence-electron chi connectivity index (χ3n) is 1.89. The van der Waals surface area contributed by atoms with Gasteiger partial charge in [-0.25, -0.2) is 9.97 Å². The molecule has 0 unspecified atom stereocenters. The molecule has 0 saturated carbocycles. The molecule has 0 spiro atoms. The van der Waals surface area contributed by atoms with E-state index in [0.29, 0.717) is 21.9 Å². The van der Waals surface area contributed by atoms with Gasteiger partial charge in [0.1, 0.15) is 22.2 Å². The van der Waals surface area contributed by atoms with Crippen LogP contribution in [0.5, 0.6) is 5.75 Å². The van der Waals surface area contributed by atoms with E-state index in [1.807, 2.05) is 0 Å². The lowest BCUT2D eigenvalue weighted by Crippen LogP contribution is -2.03. The van der Waals surface area contributed by atoms with Crippen LogP contribution in [0.2, 0.25) is 5.15 Å². The van der Waals surface area contributed by atoms with Gasteiger partial charge < -0.3 is 10.8 Å². The standard InChI is InChI=1S/C9H8ClN3O/c10-9-5-2-1-3-6(14)8(5)12-7(4-11)13-9/h1-3,14H,4,11H2. The van der Waals surface area contributed by atoms with Crippen LogP contribution in [0.1, 0.15) is 5.82 Å². The van der Waals surface area contributed by atoms with E-state index in [0.717, 1.165) is 0 Å². The van der Waals surface area contributed by atoms with Crippen molar-refractivity contribution in [2.75, 3.05) is 0 Å². The number of hydrogen-bond acceptors (Lipinski definition) is 4. The summed E-state index contributed by atoms with van der Waals surface area (Å²) in [6.07, 6.45) is 0. The zero-order valence-electron chi connectivity index (χ0n) is 7.24. The number of halogens is 1. The van der Waals surface area contributed by atoms with Gasteiger partial charge in [0.15, 0.2) is 0 Å². The van der Waals surface area contributed by atoms with E-state index in [-0.39, 0.29) is 12.3 Å². The first-order valence-corrected chi connectivity index (χ1v) is 4.44. The van der Waals surface area contributed by atoms with Crippen LogP contribution in [0.25, 0.3) is 10.9 Å². The number of aromatic nitrogens is 2. The summed E-state index contributed by atoms with van der Waals surface area (Å²) >= 11 is 5.90. The molecule has 0 bridgehead atoms. The molecule has 72 valence electrons. The Morgan fingerprint density at radius 1 is 1.36 bits per heavy atom. The Morgan fingerprint density at radius 2 is 2.14 bits per heavy atom. The molecule has 0 saturated heterocycles. The van der Waals surface area contributed by atoms with Crippen LogP contribution >= 0.6 is 11.6 Å². The third-order valence-corrected chi connectivity index (χ3v) is 2.18. The zero-order valence-corrected chi connectivity index (χ0v) is 7.99. The van der Waals surface area contributed by atoms with Gasteiger partial charge in [-0.1, -0.05) is 17.7 Å². The predicted octanol–water partition coefficient (Wildman–Crippen LogP) is 1.45. The summed E-state index contributed by atoms with van der Waals surface area (Å²) in [6, 6.07) is 4.98. The van der Waals surface area contributed by atoms with Gasteiger partial charge in [-0.15, -0.1) is 0 Å². The Hall–Kier alpha value is -1.39. The summed E-state index contributed by atoms with van der Waals surface area (Å²) in [4.78, 5) is 8.06. The molecule has 2 rings (SSSR count). The molecule has 4 nitrogen and oxygen atoms in total. The Morgan fingerprint density at radius 3 is 2.86 bits per heavy atom. The Labute approximate surface area is 85.4 Å². The molecule has 0 aliphatic rings. The third kappa shape index (κ3) is 1.38. The van der Waals surface area contributed by atoms with Crippen molar-refractivity contribution in [2.45, 2.75) is 6.54 Å². The van der Waals surface area contributed by atoms with E-state index in [4.69, 9.17) is 17.3 Å². The van der Waals surface area contributed by atoms with Gasteiger partial charge in [0.05, 0.1) is 6.54 Å². The topological polar surface area (TPSA) is 72.0 Å². The second-order valence-corrected chi connectivity index (χ2v) is 3.17. The molecule has 1 aromatic carbocycles. The molecule has 0 atom stereocenters. The summed E-state index contributed by atoms with van der Waals surface area (Å²) in [5.41, 5.74) is 5.83. The fourth-order valence-corrected chi connectivity index (χ4v) is 1.48. The minimum Gasteiger partial charge on any atom is -0.506 e. The van der Waals surface area contributed by atoms with Crippen molar-refractivity contribution in [2.24, 2.45) is 5.73 Å². The minimum atomic E-state index is 0.0847. The monoisotopic (exact) mass is 209 g/mol. The van der Waals surface area contributed by atoms with Gasteiger partial charge in [-0.2, -0.15) is 0 Å². The number of fused-ring (bicyclic) bond motifs is 1. The van der Waals surface area contributed by atoms with Crippen LogP contribution in [-0.2, 0) is 6.54 Å². The number of phenolic OH excluding ortho intramolecular Hbond substituents is 1. The number of rotatable bonds is 1. The highest BCUT2D eigenvalue weighted by Crippen LogP contribution is 2.26. The lowest BCUT2D eigenvalue weighted by Gasteiger charge is -2.03. The second-order valence-electron chi connectivity index (χ2n) is 2.81. The highest BCUT2D eigenvalue weighted by molar-refractivity contribution is 6.34. The van der Waals surface area contributed by atoms with Crippen molar-refractivity contribution < 1.29 is 5.11 Å². The maximum absolute atomic E-state index is 9.53. The van der Waals surface area contributed by atoms with Crippen molar-refractivity contribution in [1.29, 1.82) is 0 Å². The Kier molecular flexibility index (Phi) is 2.23. The number of phenols is 1. The van der Waals surface area contributed by atoms with E-state index >= 15 is 0 Å².